The highest BCUT2D eigenvalue weighted by molar-refractivity contribution is 5.74. The largest absolute Gasteiger partial charge is 0.294 e. The zero-order valence-corrected chi connectivity index (χ0v) is 13.4. The molecule has 0 unspecified atom stereocenters. The van der Waals surface area contributed by atoms with Crippen LogP contribution in [0.5, 0.6) is 0 Å². The lowest BCUT2D eigenvalue weighted by Gasteiger charge is -2.13. The van der Waals surface area contributed by atoms with Crippen LogP contribution in [-0.4, -0.2) is 11.1 Å². The quantitative estimate of drug-likeness (QED) is 0.400. The van der Waals surface area contributed by atoms with Gasteiger partial charge in [0.25, 0.3) is 5.69 Å². The van der Waals surface area contributed by atoms with Crippen molar-refractivity contribution in [1.82, 2.24) is 0 Å². The van der Waals surface area contributed by atoms with Crippen LogP contribution in [0.25, 0.3) is 0 Å². The molecule has 1 N–H and O–H groups in total. The second-order valence-electron chi connectivity index (χ2n) is 5.46. The molecule has 0 bridgehead atoms. The molecule has 0 aliphatic carbocycles. The summed E-state index contributed by atoms with van der Waals surface area (Å²) >= 11 is 0. The van der Waals surface area contributed by atoms with E-state index in [2.05, 4.69) is 10.5 Å². The maximum Gasteiger partial charge on any atom is 0.294 e. The number of hydrogen-bond donors (Lipinski definition) is 1. The van der Waals surface area contributed by atoms with E-state index in [4.69, 9.17) is 0 Å². The summed E-state index contributed by atoms with van der Waals surface area (Å²) in [5.74, 6) is -0.0438. The SMILES string of the molecule is O=[N+]([O-])c1ccccc1N/N=C\C(c1ccccc1)c1ccccc1. The smallest absolute Gasteiger partial charge is 0.272 e. The summed E-state index contributed by atoms with van der Waals surface area (Å²) in [4.78, 5) is 10.6. The van der Waals surface area contributed by atoms with Gasteiger partial charge in [-0.2, -0.15) is 5.10 Å². The lowest BCUT2D eigenvalue weighted by molar-refractivity contribution is -0.384. The molecule has 25 heavy (non-hydrogen) atoms. The van der Waals surface area contributed by atoms with Crippen molar-refractivity contribution < 1.29 is 4.92 Å². The highest BCUT2D eigenvalue weighted by Gasteiger charge is 2.13. The molecule has 0 aliphatic heterocycles. The molecule has 0 spiro atoms. The van der Waals surface area contributed by atoms with Gasteiger partial charge >= 0.3 is 0 Å². The van der Waals surface area contributed by atoms with Gasteiger partial charge in [-0.1, -0.05) is 72.8 Å². The van der Waals surface area contributed by atoms with Crippen molar-refractivity contribution in [3.05, 3.63) is 106 Å². The standard InChI is InChI=1S/C20H17N3O2/c24-23(25)20-14-8-7-13-19(20)22-21-15-18(16-9-3-1-4-10-16)17-11-5-2-6-12-17/h1-15,18,22H/b21-15-. The Balaban J connectivity index is 1.87. The fourth-order valence-corrected chi connectivity index (χ4v) is 2.59. The fourth-order valence-electron chi connectivity index (χ4n) is 2.59. The summed E-state index contributed by atoms with van der Waals surface area (Å²) in [6.07, 6.45) is 1.77. The third kappa shape index (κ3) is 4.09. The van der Waals surface area contributed by atoms with Gasteiger partial charge in [0.05, 0.1) is 4.92 Å². The van der Waals surface area contributed by atoms with Crippen molar-refractivity contribution in [3.63, 3.8) is 0 Å². The molecular formula is C20H17N3O2. The van der Waals surface area contributed by atoms with Crippen molar-refractivity contribution in [2.75, 3.05) is 5.43 Å². The summed E-state index contributed by atoms with van der Waals surface area (Å²) in [6, 6.07) is 26.4. The number of nitro benzene ring substituents is 1. The van der Waals surface area contributed by atoms with E-state index >= 15 is 0 Å². The van der Waals surface area contributed by atoms with Gasteiger partial charge < -0.3 is 0 Å². The zero-order valence-electron chi connectivity index (χ0n) is 13.4. The van der Waals surface area contributed by atoms with E-state index in [1.54, 1.807) is 24.4 Å². The van der Waals surface area contributed by atoms with Crippen LogP contribution in [-0.2, 0) is 0 Å². The molecule has 3 aromatic carbocycles. The van der Waals surface area contributed by atoms with Gasteiger partial charge in [0, 0.05) is 18.2 Å². The Morgan fingerprint density at radius 1 is 0.840 bits per heavy atom. The minimum absolute atomic E-state index is 0.00405. The topological polar surface area (TPSA) is 67.5 Å². The number of hydrogen-bond acceptors (Lipinski definition) is 4. The van der Waals surface area contributed by atoms with Gasteiger partial charge in [-0.25, -0.2) is 0 Å². The van der Waals surface area contributed by atoms with Gasteiger partial charge in [-0.05, 0) is 17.2 Å². The monoisotopic (exact) mass is 331 g/mol. The number of para-hydroxylation sites is 2. The second kappa shape index (κ2) is 7.88. The van der Waals surface area contributed by atoms with Crippen molar-refractivity contribution >= 4 is 17.6 Å². The first-order valence-electron chi connectivity index (χ1n) is 7.88. The molecule has 0 amide bonds. The predicted octanol–water partition coefficient (Wildman–Crippen LogP) is 4.82. The van der Waals surface area contributed by atoms with Crippen LogP contribution in [0.1, 0.15) is 17.0 Å². The number of nitro groups is 1. The van der Waals surface area contributed by atoms with Crippen LogP contribution in [0.15, 0.2) is 90.0 Å². The predicted molar refractivity (Wildman–Crippen MR) is 99.9 cm³/mol. The number of rotatable bonds is 6. The molecule has 0 saturated carbocycles. The summed E-state index contributed by atoms with van der Waals surface area (Å²) in [5.41, 5.74) is 5.35. The Labute approximate surface area is 145 Å². The summed E-state index contributed by atoms with van der Waals surface area (Å²) in [5, 5.41) is 15.3. The molecule has 0 atom stereocenters. The van der Waals surface area contributed by atoms with E-state index in [9.17, 15) is 10.1 Å². The van der Waals surface area contributed by atoms with Crippen molar-refractivity contribution in [2.45, 2.75) is 5.92 Å². The van der Waals surface area contributed by atoms with Crippen LogP contribution < -0.4 is 5.43 Å². The first kappa shape index (κ1) is 16.4. The van der Waals surface area contributed by atoms with Gasteiger partial charge in [0.2, 0.25) is 0 Å². The third-order valence-corrected chi connectivity index (χ3v) is 3.83. The Kier molecular flexibility index (Phi) is 5.16. The minimum atomic E-state index is -0.427. The van der Waals surface area contributed by atoms with Crippen LogP contribution in [0.3, 0.4) is 0 Å². The molecule has 0 fully saturated rings. The zero-order chi connectivity index (χ0) is 17.5. The maximum absolute atomic E-state index is 11.1. The number of anilines is 1. The number of nitrogens with one attached hydrogen (secondary N) is 1. The molecule has 5 nitrogen and oxygen atoms in total. The van der Waals surface area contributed by atoms with Gasteiger partial charge in [0.15, 0.2) is 0 Å². The average molecular weight is 331 g/mol. The highest BCUT2D eigenvalue weighted by atomic mass is 16.6. The Morgan fingerprint density at radius 3 is 1.92 bits per heavy atom. The Morgan fingerprint density at radius 2 is 1.36 bits per heavy atom. The van der Waals surface area contributed by atoms with E-state index in [0.717, 1.165) is 11.1 Å². The molecule has 0 heterocycles. The van der Waals surface area contributed by atoms with E-state index in [1.165, 1.54) is 6.07 Å². The first-order chi connectivity index (χ1) is 12.3. The van der Waals surface area contributed by atoms with Crippen LogP contribution in [0.2, 0.25) is 0 Å². The number of hydrazone groups is 1. The van der Waals surface area contributed by atoms with Crippen molar-refractivity contribution in [1.29, 1.82) is 0 Å². The molecule has 124 valence electrons. The maximum atomic E-state index is 11.1. The van der Waals surface area contributed by atoms with Crippen LogP contribution in [0.4, 0.5) is 11.4 Å². The summed E-state index contributed by atoms with van der Waals surface area (Å²) < 4.78 is 0. The summed E-state index contributed by atoms with van der Waals surface area (Å²) in [7, 11) is 0. The van der Waals surface area contributed by atoms with Crippen LogP contribution >= 0.6 is 0 Å². The van der Waals surface area contributed by atoms with E-state index in [0.29, 0.717) is 5.69 Å². The van der Waals surface area contributed by atoms with Crippen LogP contribution in [0, 0.1) is 10.1 Å². The summed E-state index contributed by atoms with van der Waals surface area (Å²) in [6.45, 7) is 0. The van der Waals surface area contributed by atoms with Gasteiger partial charge in [0.1, 0.15) is 5.69 Å². The third-order valence-electron chi connectivity index (χ3n) is 3.83. The average Bonchev–Trinajstić information content (AvgIpc) is 2.67. The molecule has 0 aromatic heterocycles. The van der Waals surface area contributed by atoms with Crippen molar-refractivity contribution in [3.8, 4) is 0 Å². The Hall–Kier alpha value is -3.47. The van der Waals surface area contributed by atoms with E-state index in [1.807, 2.05) is 60.7 Å². The molecule has 3 rings (SSSR count). The molecule has 5 heteroatoms. The molecule has 0 aliphatic rings. The lowest BCUT2D eigenvalue weighted by Crippen LogP contribution is -2.04. The molecule has 0 saturated heterocycles. The molecule has 3 aromatic rings. The van der Waals surface area contributed by atoms with Gasteiger partial charge in [-0.3, -0.25) is 15.5 Å². The van der Waals surface area contributed by atoms with Crippen molar-refractivity contribution in [2.24, 2.45) is 5.10 Å². The second-order valence-corrected chi connectivity index (χ2v) is 5.46. The normalized spacial score (nSPS) is 10.9. The number of benzene rings is 3. The Bertz CT molecular complexity index is 825. The van der Waals surface area contributed by atoms with Gasteiger partial charge in [-0.15, -0.1) is 0 Å². The molecule has 0 radical (unpaired) electrons. The molecular weight excluding hydrogens is 314 g/mol. The van der Waals surface area contributed by atoms with E-state index < -0.39 is 4.92 Å². The minimum Gasteiger partial charge on any atom is -0.272 e. The fraction of sp³-hybridized carbons (Fsp3) is 0.0500. The highest BCUT2D eigenvalue weighted by Crippen LogP contribution is 2.25. The first-order valence-corrected chi connectivity index (χ1v) is 7.88. The van der Waals surface area contributed by atoms with E-state index in [-0.39, 0.29) is 11.6 Å². The number of nitrogens with zero attached hydrogens (tertiary/aromatic N) is 2. The lowest BCUT2D eigenvalue weighted by atomic mass is 9.92.